The molecule has 0 saturated carbocycles. The van der Waals surface area contributed by atoms with Gasteiger partial charge in [-0.1, -0.05) is 127 Å². The highest BCUT2D eigenvalue weighted by atomic mass is 16.3. The minimum Gasteiger partial charge on any atom is -0.456 e. The minimum atomic E-state index is 0.543. The third-order valence-corrected chi connectivity index (χ3v) is 11.8. The Morgan fingerprint density at radius 3 is 1.75 bits per heavy atom. The van der Waals surface area contributed by atoms with E-state index in [4.69, 9.17) is 23.8 Å². The molecule has 0 aliphatic heterocycles. The van der Waals surface area contributed by atoms with Crippen LogP contribution in [0.15, 0.2) is 191 Å². The first-order chi connectivity index (χ1) is 29.2. The van der Waals surface area contributed by atoms with E-state index in [9.17, 15) is 0 Å². The molecule has 0 N–H and O–H groups in total. The van der Waals surface area contributed by atoms with Gasteiger partial charge in [-0.15, -0.1) is 0 Å². The van der Waals surface area contributed by atoms with Crippen LogP contribution in [0.4, 0.5) is 0 Å². The molecule has 0 radical (unpaired) electrons. The maximum atomic E-state index is 6.60. The fraction of sp³-hybridized carbons (Fsp3) is 0. The van der Waals surface area contributed by atoms with Gasteiger partial charge in [-0.3, -0.25) is 0 Å². The molecule has 0 bridgehead atoms. The van der Waals surface area contributed by atoms with Crippen molar-refractivity contribution in [1.82, 2.24) is 19.5 Å². The molecule has 13 rings (SSSR count). The lowest BCUT2D eigenvalue weighted by Crippen LogP contribution is -2.04. The summed E-state index contributed by atoms with van der Waals surface area (Å²) in [4.78, 5) is 16.3. The molecule has 4 heterocycles. The zero-order valence-corrected chi connectivity index (χ0v) is 31.4. The van der Waals surface area contributed by atoms with Gasteiger partial charge in [-0.05, 0) is 76.1 Å². The Hall–Kier alpha value is -8.09. The normalized spacial score (nSPS) is 12.1. The molecular weight excluding hydrogens is 725 g/mol. The molecule has 0 unspecified atom stereocenters. The first kappa shape index (κ1) is 32.0. The van der Waals surface area contributed by atoms with Crippen molar-refractivity contribution in [3.63, 3.8) is 0 Å². The number of furan rings is 2. The number of fused-ring (bicyclic) bond motifs is 11. The topological polar surface area (TPSA) is 69.9 Å². The molecule has 0 fully saturated rings. The van der Waals surface area contributed by atoms with Crippen molar-refractivity contribution in [2.75, 3.05) is 0 Å². The Morgan fingerprint density at radius 1 is 0.356 bits per heavy atom. The number of benzene rings is 9. The number of nitrogens with zero attached hydrogens (tertiary/aromatic N) is 4. The van der Waals surface area contributed by atoms with Crippen molar-refractivity contribution >= 4 is 87.2 Å². The molecule has 0 aliphatic carbocycles. The Kier molecular flexibility index (Phi) is 6.63. The van der Waals surface area contributed by atoms with E-state index < -0.39 is 0 Å². The average Bonchev–Trinajstić information content (AvgIpc) is 3.97. The maximum absolute atomic E-state index is 6.60. The van der Waals surface area contributed by atoms with Gasteiger partial charge in [0.05, 0.1) is 22.3 Å². The summed E-state index contributed by atoms with van der Waals surface area (Å²) in [5.41, 5.74) is 8.90. The summed E-state index contributed by atoms with van der Waals surface area (Å²) >= 11 is 0. The van der Waals surface area contributed by atoms with Gasteiger partial charge in [0.25, 0.3) is 0 Å². The van der Waals surface area contributed by atoms with Crippen LogP contribution in [0.3, 0.4) is 0 Å². The SMILES string of the molecule is c1ccc2cc(-c3nc(-c4cccc5oc6ccccc6c45)nc(-c4c(-n5c6ccccc6c6cc7ccccc7cc65)ccc5oc6ccccc6c45)n3)ccc2c1. The van der Waals surface area contributed by atoms with E-state index in [-0.39, 0.29) is 0 Å². The zero-order valence-electron chi connectivity index (χ0n) is 31.4. The van der Waals surface area contributed by atoms with Crippen molar-refractivity contribution in [2.24, 2.45) is 0 Å². The van der Waals surface area contributed by atoms with Crippen molar-refractivity contribution in [2.45, 2.75) is 0 Å². The molecule has 6 nitrogen and oxygen atoms in total. The predicted octanol–water partition coefficient (Wildman–Crippen LogP) is 14.1. The van der Waals surface area contributed by atoms with Gasteiger partial charge in [0.1, 0.15) is 22.3 Å². The number of rotatable bonds is 4. The summed E-state index contributed by atoms with van der Waals surface area (Å²) in [6.07, 6.45) is 0. The lowest BCUT2D eigenvalue weighted by atomic mass is 10.0. The van der Waals surface area contributed by atoms with Crippen LogP contribution in [0.2, 0.25) is 0 Å². The molecular formula is C53H30N4O2. The maximum Gasteiger partial charge on any atom is 0.166 e. The molecule has 9 aromatic carbocycles. The number of para-hydroxylation sites is 3. The first-order valence-corrected chi connectivity index (χ1v) is 19.8. The molecule has 0 atom stereocenters. The smallest absolute Gasteiger partial charge is 0.166 e. The van der Waals surface area contributed by atoms with Crippen molar-refractivity contribution in [1.29, 1.82) is 0 Å². The highest BCUT2D eigenvalue weighted by molar-refractivity contribution is 6.18. The van der Waals surface area contributed by atoms with E-state index in [0.717, 1.165) is 88.1 Å². The fourth-order valence-electron chi connectivity index (χ4n) is 9.16. The van der Waals surface area contributed by atoms with Crippen LogP contribution < -0.4 is 0 Å². The second-order valence-corrected chi connectivity index (χ2v) is 15.1. The Bertz CT molecular complexity index is 3870. The van der Waals surface area contributed by atoms with E-state index in [1.165, 1.54) is 21.5 Å². The lowest BCUT2D eigenvalue weighted by molar-refractivity contribution is 0.668. The van der Waals surface area contributed by atoms with Gasteiger partial charge in [-0.2, -0.15) is 0 Å². The summed E-state index contributed by atoms with van der Waals surface area (Å²) < 4.78 is 15.4. The van der Waals surface area contributed by atoms with Gasteiger partial charge in [0.15, 0.2) is 17.5 Å². The molecule has 13 aromatic rings. The average molecular weight is 755 g/mol. The van der Waals surface area contributed by atoms with Gasteiger partial charge >= 0.3 is 0 Å². The third-order valence-electron chi connectivity index (χ3n) is 11.8. The third kappa shape index (κ3) is 4.77. The highest BCUT2D eigenvalue weighted by Gasteiger charge is 2.25. The van der Waals surface area contributed by atoms with Crippen molar-refractivity contribution < 1.29 is 8.83 Å². The van der Waals surface area contributed by atoms with Crippen LogP contribution in [0.25, 0.3) is 127 Å². The minimum absolute atomic E-state index is 0.543. The molecule has 6 heteroatoms. The molecule has 4 aromatic heterocycles. The van der Waals surface area contributed by atoms with Gasteiger partial charge < -0.3 is 13.4 Å². The fourth-order valence-corrected chi connectivity index (χ4v) is 9.16. The molecule has 0 spiro atoms. The van der Waals surface area contributed by atoms with Crippen LogP contribution in [-0.4, -0.2) is 19.5 Å². The molecule has 59 heavy (non-hydrogen) atoms. The monoisotopic (exact) mass is 754 g/mol. The summed E-state index contributed by atoms with van der Waals surface area (Å²) in [7, 11) is 0. The Balaban J connectivity index is 1.19. The van der Waals surface area contributed by atoms with Gasteiger partial charge in [-0.25, -0.2) is 15.0 Å². The van der Waals surface area contributed by atoms with Crippen LogP contribution >= 0.6 is 0 Å². The summed E-state index contributed by atoms with van der Waals surface area (Å²) in [6.45, 7) is 0. The van der Waals surface area contributed by atoms with E-state index in [1.54, 1.807) is 0 Å². The quantitative estimate of drug-likeness (QED) is 0.179. The Morgan fingerprint density at radius 2 is 0.949 bits per heavy atom. The van der Waals surface area contributed by atoms with Crippen molar-refractivity contribution in [3.8, 4) is 39.9 Å². The van der Waals surface area contributed by atoms with E-state index in [0.29, 0.717) is 17.5 Å². The summed E-state index contributed by atoms with van der Waals surface area (Å²) in [5, 5.41) is 10.9. The second kappa shape index (κ2) is 12.2. The van der Waals surface area contributed by atoms with Crippen LogP contribution in [0.5, 0.6) is 0 Å². The van der Waals surface area contributed by atoms with Gasteiger partial charge in [0.2, 0.25) is 0 Å². The molecule has 274 valence electrons. The number of hydrogen-bond donors (Lipinski definition) is 0. The van der Waals surface area contributed by atoms with Gasteiger partial charge in [0, 0.05) is 43.4 Å². The van der Waals surface area contributed by atoms with Crippen LogP contribution in [-0.2, 0) is 0 Å². The largest absolute Gasteiger partial charge is 0.456 e. The molecule has 0 amide bonds. The number of aromatic nitrogens is 4. The van der Waals surface area contributed by atoms with E-state index in [2.05, 4.69) is 144 Å². The van der Waals surface area contributed by atoms with E-state index >= 15 is 0 Å². The van der Waals surface area contributed by atoms with E-state index in [1.807, 2.05) is 42.5 Å². The van der Waals surface area contributed by atoms with Crippen molar-refractivity contribution in [3.05, 3.63) is 182 Å². The molecule has 0 saturated heterocycles. The standard InChI is InChI=1S/C53H30N4O2/c1-2-13-32-28-35(25-24-31(32)12-1)51-54-52(39-19-11-23-46-48(39)37-17-6-9-21-44(37)58-46)56-53(55-51)50-42(26-27-47-49(50)38-18-7-10-22-45(38)59-47)57-41-20-8-5-16-36(41)40-29-33-14-3-4-15-34(33)30-43(40)57/h1-30H. The second-order valence-electron chi connectivity index (χ2n) is 15.1. The zero-order chi connectivity index (χ0) is 38.6. The van der Waals surface area contributed by atoms with Crippen LogP contribution in [0, 0.1) is 0 Å². The summed E-state index contributed by atoms with van der Waals surface area (Å²) in [5.74, 6) is 1.67. The number of hydrogen-bond acceptors (Lipinski definition) is 5. The predicted molar refractivity (Wildman–Crippen MR) is 240 cm³/mol. The summed E-state index contributed by atoms with van der Waals surface area (Å²) in [6, 6.07) is 63.3. The lowest BCUT2D eigenvalue weighted by Gasteiger charge is -2.16. The first-order valence-electron chi connectivity index (χ1n) is 19.8. The van der Waals surface area contributed by atoms with Crippen LogP contribution in [0.1, 0.15) is 0 Å². The highest BCUT2D eigenvalue weighted by Crippen LogP contribution is 2.44. The Labute approximate surface area is 336 Å². The molecule has 0 aliphatic rings.